The van der Waals surface area contributed by atoms with E-state index in [2.05, 4.69) is 75.1 Å². The quantitative estimate of drug-likeness (QED) is 0.289. The fourth-order valence-electron chi connectivity index (χ4n) is 6.56. The fraction of sp³-hybridized carbons (Fsp3) is 0.424. The standard InChI is InChI=1S/C33H41NO4/c1-21-17-22(2)31(23(3)18-21)27-14-15-28(32(27)33(35)38-7)34(24(4)26-11-9-8-10-12-26)20-25-13-16-29(36-5)30(19-25)37-6/h8-13,16-19,24,27-28,32H,14-15,20H2,1-7H3/t24-,27+,28?,32+/m1/s1. The first-order valence-corrected chi connectivity index (χ1v) is 13.5. The topological polar surface area (TPSA) is 48.0 Å². The maximum Gasteiger partial charge on any atom is 0.310 e. The Morgan fingerprint density at radius 1 is 0.895 bits per heavy atom. The number of benzene rings is 3. The third-order valence-corrected chi connectivity index (χ3v) is 8.22. The van der Waals surface area contributed by atoms with Gasteiger partial charge in [-0.2, -0.15) is 0 Å². The molecule has 0 aromatic heterocycles. The number of rotatable bonds is 9. The zero-order chi connectivity index (χ0) is 27.4. The first-order valence-electron chi connectivity index (χ1n) is 13.5. The number of methoxy groups -OCH3 is 3. The van der Waals surface area contributed by atoms with Gasteiger partial charge in [-0.05, 0) is 86.4 Å². The van der Waals surface area contributed by atoms with Crippen LogP contribution in [0.3, 0.4) is 0 Å². The summed E-state index contributed by atoms with van der Waals surface area (Å²) in [4.78, 5) is 16.0. The summed E-state index contributed by atoms with van der Waals surface area (Å²) in [5.41, 5.74) is 7.39. The van der Waals surface area contributed by atoms with Gasteiger partial charge in [-0.1, -0.05) is 54.1 Å². The molecule has 0 saturated heterocycles. The second kappa shape index (κ2) is 12.0. The number of carbonyl (C=O) groups is 1. The molecule has 5 heteroatoms. The lowest BCUT2D eigenvalue weighted by molar-refractivity contribution is -0.148. The number of nitrogens with zero attached hydrogens (tertiary/aromatic N) is 1. The van der Waals surface area contributed by atoms with Crippen LogP contribution in [0.15, 0.2) is 60.7 Å². The first-order chi connectivity index (χ1) is 18.3. The van der Waals surface area contributed by atoms with Crippen LogP contribution in [-0.2, 0) is 16.1 Å². The molecule has 0 spiro atoms. The van der Waals surface area contributed by atoms with Gasteiger partial charge in [-0.15, -0.1) is 0 Å². The number of hydrogen-bond acceptors (Lipinski definition) is 5. The van der Waals surface area contributed by atoms with Crippen molar-refractivity contribution in [3.05, 3.63) is 94.0 Å². The smallest absolute Gasteiger partial charge is 0.310 e. The number of hydrogen-bond donors (Lipinski definition) is 0. The third-order valence-electron chi connectivity index (χ3n) is 8.22. The molecule has 3 aromatic rings. The highest BCUT2D eigenvalue weighted by Crippen LogP contribution is 2.47. The molecule has 1 aliphatic carbocycles. The van der Waals surface area contributed by atoms with Crippen LogP contribution in [0.1, 0.15) is 65.1 Å². The molecule has 38 heavy (non-hydrogen) atoms. The maximum atomic E-state index is 13.5. The molecule has 0 amide bonds. The summed E-state index contributed by atoms with van der Waals surface area (Å²) in [6, 6.07) is 21.2. The van der Waals surface area contributed by atoms with Crippen molar-refractivity contribution in [3.8, 4) is 11.5 Å². The number of esters is 1. The molecule has 3 aromatic carbocycles. The average Bonchev–Trinajstić information content (AvgIpc) is 3.34. The van der Waals surface area contributed by atoms with Crippen molar-refractivity contribution in [2.45, 2.75) is 65.1 Å². The second-order valence-corrected chi connectivity index (χ2v) is 10.6. The van der Waals surface area contributed by atoms with Crippen LogP contribution in [0.5, 0.6) is 11.5 Å². The van der Waals surface area contributed by atoms with E-state index in [1.54, 1.807) is 14.2 Å². The van der Waals surface area contributed by atoms with Crippen molar-refractivity contribution in [2.24, 2.45) is 5.92 Å². The van der Waals surface area contributed by atoms with Crippen LogP contribution in [0, 0.1) is 26.7 Å². The number of carbonyl (C=O) groups excluding carboxylic acids is 1. The van der Waals surface area contributed by atoms with E-state index in [-0.39, 0.29) is 29.9 Å². The number of ether oxygens (including phenoxy) is 3. The molecule has 0 heterocycles. The normalized spacial score (nSPS) is 19.8. The van der Waals surface area contributed by atoms with Gasteiger partial charge in [0.1, 0.15) is 0 Å². The molecule has 1 unspecified atom stereocenters. The molecule has 4 rings (SSSR count). The van der Waals surface area contributed by atoms with E-state index in [0.29, 0.717) is 18.0 Å². The zero-order valence-corrected chi connectivity index (χ0v) is 23.8. The highest BCUT2D eigenvalue weighted by atomic mass is 16.5. The van der Waals surface area contributed by atoms with Crippen molar-refractivity contribution >= 4 is 5.97 Å². The number of aryl methyl sites for hydroxylation is 3. The van der Waals surface area contributed by atoms with Crippen LogP contribution in [0.2, 0.25) is 0 Å². The summed E-state index contributed by atoms with van der Waals surface area (Å²) in [5, 5.41) is 0. The van der Waals surface area contributed by atoms with Gasteiger partial charge in [0.2, 0.25) is 0 Å². The van der Waals surface area contributed by atoms with Crippen LogP contribution in [-0.4, -0.2) is 38.2 Å². The van der Waals surface area contributed by atoms with Gasteiger partial charge in [-0.25, -0.2) is 0 Å². The Kier molecular flexibility index (Phi) is 8.78. The minimum absolute atomic E-state index is 0.0239. The van der Waals surface area contributed by atoms with E-state index in [1.807, 2.05) is 18.2 Å². The van der Waals surface area contributed by atoms with E-state index >= 15 is 0 Å². The molecule has 0 radical (unpaired) electrons. The highest BCUT2D eigenvalue weighted by Gasteiger charge is 2.47. The summed E-state index contributed by atoms with van der Waals surface area (Å²) in [5.74, 6) is 1.14. The summed E-state index contributed by atoms with van der Waals surface area (Å²) < 4.78 is 16.5. The minimum Gasteiger partial charge on any atom is -0.493 e. The van der Waals surface area contributed by atoms with Crippen molar-refractivity contribution < 1.29 is 19.0 Å². The molecule has 1 fully saturated rings. The molecule has 202 valence electrons. The largest absolute Gasteiger partial charge is 0.493 e. The SMILES string of the molecule is COC(=O)[C@@H]1C(N(Cc2ccc(OC)c(OC)c2)[C@H](C)c2ccccc2)CC[C@H]1c1c(C)cc(C)cc1C. The molecule has 1 saturated carbocycles. The Labute approximate surface area is 227 Å². The molecule has 0 bridgehead atoms. The molecule has 1 aliphatic rings. The maximum absolute atomic E-state index is 13.5. The van der Waals surface area contributed by atoms with E-state index in [0.717, 1.165) is 18.4 Å². The predicted octanol–water partition coefficient (Wildman–Crippen LogP) is 6.93. The van der Waals surface area contributed by atoms with Crippen molar-refractivity contribution in [2.75, 3.05) is 21.3 Å². The van der Waals surface area contributed by atoms with Crippen molar-refractivity contribution in [1.29, 1.82) is 0 Å². The van der Waals surface area contributed by atoms with Crippen LogP contribution in [0.25, 0.3) is 0 Å². The Morgan fingerprint density at radius 3 is 2.16 bits per heavy atom. The lowest BCUT2D eigenvalue weighted by atomic mass is 9.81. The van der Waals surface area contributed by atoms with Gasteiger partial charge < -0.3 is 14.2 Å². The Hall–Kier alpha value is -3.31. The second-order valence-electron chi connectivity index (χ2n) is 10.6. The molecule has 0 N–H and O–H groups in total. The fourth-order valence-corrected chi connectivity index (χ4v) is 6.56. The van der Waals surface area contributed by atoms with Gasteiger partial charge in [0, 0.05) is 18.6 Å². The van der Waals surface area contributed by atoms with Gasteiger partial charge in [0.05, 0.1) is 27.2 Å². The molecular weight excluding hydrogens is 474 g/mol. The monoisotopic (exact) mass is 515 g/mol. The van der Waals surface area contributed by atoms with Gasteiger partial charge in [0.25, 0.3) is 0 Å². The third kappa shape index (κ3) is 5.58. The summed E-state index contributed by atoms with van der Waals surface area (Å²) in [7, 11) is 4.83. The van der Waals surface area contributed by atoms with Gasteiger partial charge in [-0.3, -0.25) is 9.69 Å². The average molecular weight is 516 g/mol. The van der Waals surface area contributed by atoms with Gasteiger partial charge in [0.15, 0.2) is 11.5 Å². The Morgan fingerprint density at radius 2 is 1.55 bits per heavy atom. The van der Waals surface area contributed by atoms with Crippen molar-refractivity contribution in [1.82, 2.24) is 4.90 Å². The van der Waals surface area contributed by atoms with E-state index in [4.69, 9.17) is 14.2 Å². The van der Waals surface area contributed by atoms with E-state index < -0.39 is 0 Å². The van der Waals surface area contributed by atoms with Crippen molar-refractivity contribution in [3.63, 3.8) is 0 Å². The Bertz CT molecular complexity index is 1230. The predicted molar refractivity (Wildman–Crippen MR) is 152 cm³/mol. The van der Waals surface area contributed by atoms with E-state index in [9.17, 15) is 4.79 Å². The summed E-state index contributed by atoms with van der Waals surface area (Å²) >= 11 is 0. The lowest BCUT2D eigenvalue weighted by Gasteiger charge is -2.38. The molecule has 0 aliphatic heterocycles. The zero-order valence-electron chi connectivity index (χ0n) is 23.8. The summed E-state index contributed by atoms with van der Waals surface area (Å²) in [6.07, 6.45) is 1.86. The molecule has 5 nitrogen and oxygen atoms in total. The minimum atomic E-state index is -0.258. The van der Waals surface area contributed by atoms with Crippen LogP contribution < -0.4 is 9.47 Å². The van der Waals surface area contributed by atoms with E-state index in [1.165, 1.54) is 34.9 Å². The van der Waals surface area contributed by atoms with Crippen LogP contribution >= 0.6 is 0 Å². The highest BCUT2D eigenvalue weighted by molar-refractivity contribution is 5.75. The first kappa shape index (κ1) is 27.7. The molecule has 4 atom stereocenters. The van der Waals surface area contributed by atoms with Crippen LogP contribution in [0.4, 0.5) is 0 Å². The lowest BCUT2D eigenvalue weighted by Crippen LogP contribution is -2.43. The summed E-state index contributed by atoms with van der Waals surface area (Å²) in [6.45, 7) is 9.38. The van der Waals surface area contributed by atoms with Gasteiger partial charge >= 0.3 is 5.97 Å². The Balaban J connectivity index is 1.78. The molecular formula is C33H41NO4.